The summed E-state index contributed by atoms with van der Waals surface area (Å²) in [5, 5.41) is 10.2. The zero-order valence-electron chi connectivity index (χ0n) is 34.8. The van der Waals surface area contributed by atoms with E-state index in [9.17, 15) is 5.11 Å². The fourth-order valence-electron chi connectivity index (χ4n) is 16.5. The fourth-order valence-corrected chi connectivity index (χ4v) is 16.5. The third kappa shape index (κ3) is 7.29. The molecule has 54 heavy (non-hydrogen) atoms. The van der Waals surface area contributed by atoms with Crippen LogP contribution in [-0.2, 0) is 0 Å². The summed E-state index contributed by atoms with van der Waals surface area (Å²) in [4.78, 5) is 0. The molecule has 1 heteroatoms. The molecule has 0 unspecified atom stereocenters. The lowest BCUT2D eigenvalue weighted by Gasteiger charge is -2.58. The molecule has 8 rings (SSSR count). The van der Waals surface area contributed by atoms with Gasteiger partial charge in [0, 0.05) is 12.8 Å². The minimum absolute atomic E-state index is 0. The molecule has 0 aromatic carbocycles. The Kier molecular flexibility index (Phi) is 13.6. The third-order valence-electron chi connectivity index (χ3n) is 19.4. The van der Waals surface area contributed by atoms with E-state index in [-0.39, 0.29) is 21.0 Å². The lowest BCUT2D eigenvalue weighted by molar-refractivity contribution is -0.0570. The second kappa shape index (κ2) is 16.8. The first-order chi connectivity index (χ1) is 24.8. The van der Waals surface area contributed by atoms with Crippen LogP contribution in [0.4, 0.5) is 0 Å². The van der Waals surface area contributed by atoms with E-state index in [2.05, 4.69) is 72.5 Å². The highest BCUT2D eigenvalue weighted by atomic mass is 16.3. The molecule has 1 nitrogen and oxygen atoms in total. The summed E-state index contributed by atoms with van der Waals surface area (Å²) < 4.78 is 0. The predicted molar refractivity (Wildman–Crippen MR) is 233 cm³/mol. The maximum atomic E-state index is 10.2. The number of fused-ring (bicyclic) bond motifs is 10. The molecule has 0 heterocycles. The molecule has 6 saturated carbocycles. The lowest BCUT2D eigenvalue weighted by atomic mass is 9.46. The summed E-state index contributed by atoms with van der Waals surface area (Å²) in [6.45, 7) is 17.9. The number of rotatable bonds is 6. The SMILES string of the molecule is C.C.C#CCC[C@@H](C)[C@H]1CC[C@H]2[C@@H]3CC=C4C[C@@H](C)CC[C@]4(C)[C@H]3CC[C@]12C.C#CCC[C@@H](C)[C@H]1CC[C@H]2[C@@H]3CC=C4C[C@@H](O)CC[C@]4(C)[C@H]3CC[C@]12C. The van der Waals surface area contributed by atoms with Crippen LogP contribution in [0.5, 0.6) is 0 Å². The van der Waals surface area contributed by atoms with E-state index in [4.69, 9.17) is 12.8 Å². The van der Waals surface area contributed by atoms with Crippen LogP contribution in [0, 0.1) is 111 Å². The van der Waals surface area contributed by atoms with Crippen molar-refractivity contribution in [1.82, 2.24) is 0 Å². The Morgan fingerprint density at radius 1 is 0.630 bits per heavy atom. The zero-order valence-corrected chi connectivity index (χ0v) is 34.8. The molecule has 0 spiro atoms. The van der Waals surface area contributed by atoms with E-state index in [0.717, 1.165) is 90.8 Å². The molecule has 6 fully saturated rings. The van der Waals surface area contributed by atoms with Crippen LogP contribution in [0.3, 0.4) is 0 Å². The molecule has 0 radical (unpaired) electrons. The van der Waals surface area contributed by atoms with Crippen LogP contribution < -0.4 is 0 Å². The number of hydrogen-bond acceptors (Lipinski definition) is 1. The summed E-state index contributed by atoms with van der Waals surface area (Å²) in [5.41, 5.74) is 5.46. The van der Waals surface area contributed by atoms with Crippen LogP contribution in [0.15, 0.2) is 23.3 Å². The van der Waals surface area contributed by atoms with Gasteiger partial charge in [0.05, 0.1) is 6.10 Å². The topological polar surface area (TPSA) is 20.2 Å². The van der Waals surface area contributed by atoms with Crippen LogP contribution in [0.25, 0.3) is 0 Å². The van der Waals surface area contributed by atoms with Crippen molar-refractivity contribution in [2.45, 2.75) is 198 Å². The molecule has 0 aromatic rings. The molecular formula is C53H86O. The molecular weight excluding hydrogens is 653 g/mol. The summed E-state index contributed by atoms with van der Waals surface area (Å²) in [6.07, 6.45) is 42.3. The molecule has 0 aromatic heterocycles. The van der Waals surface area contributed by atoms with Gasteiger partial charge in [-0.1, -0.05) is 86.6 Å². The molecule has 1 N–H and O–H groups in total. The highest BCUT2D eigenvalue weighted by Gasteiger charge is 2.60. The first-order valence-corrected chi connectivity index (χ1v) is 22.7. The third-order valence-corrected chi connectivity index (χ3v) is 19.4. The van der Waals surface area contributed by atoms with E-state index in [1.165, 1.54) is 103 Å². The van der Waals surface area contributed by atoms with Gasteiger partial charge in [0.1, 0.15) is 0 Å². The molecule has 16 atom stereocenters. The van der Waals surface area contributed by atoms with Gasteiger partial charge in [0.2, 0.25) is 0 Å². The normalized spacial score (nSPS) is 46.8. The van der Waals surface area contributed by atoms with E-state index in [1.54, 1.807) is 5.57 Å². The predicted octanol–water partition coefficient (Wildman–Crippen LogP) is 14.5. The first-order valence-electron chi connectivity index (χ1n) is 22.7. The summed E-state index contributed by atoms with van der Waals surface area (Å²) in [7, 11) is 0. The average Bonchev–Trinajstić information content (AvgIpc) is 3.67. The molecule has 0 saturated heterocycles. The molecule has 8 aliphatic carbocycles. The maximum absolute atomic E-state index is 10.2. The van der Waals surface area contributed by atoms with E-state index in [0.29, 0.717) is 21.7 Å². The van der Waals surface area contributed by atoms with Crippen LogP contribution >= 0.6 is 0 Å². The van der Waals surface area contributed by atoms with E-state index < -0.39 is 0 Å². The Bertz CT molecular complexity index is 1330. The molecule has 0 bridgehead atoms. The van der Waals surface area contributed by atoms with Gasteiger partial charge in [-0.05, 0) is 202 Å². The molecule has 0 aliphatic heterocycles. The van der Waals surface area contributed by atoms with E-state index >= 15 is 0 Å². The Morgan fingerprint density at radius 3 is 1.54 bits per heavy atom. The van der Waals surface area contributed by atoms with Crippen molar-refractivity contribution in [3.8, 4) is 24.7 Å². The highest BCUT2D eigenvalue weighted by molar-refractivity contribution is 5.26. The second-order valence-electron chi connectivity index (χ2n) is 21.7. The van der Waals surface area contributed by atoms with Gasteiger partial charge in [-0.15, -0.1) is 24.7 Å². The average molecular weight is 739 g/mol. The quantitative estimate of drug-likeness (QED) is 0.212. The highest BCUT2D eigenvalue weighted by Crippen LogP contribution is 2.69. The number of aliphatic hydroxyl groups is 1. The number of hydrogen-bond donors (Lipinski definition) is 1. The van der Waals surface area contributed by atoms with Gasteiger partial charge in [0.15, 0.2) is 0 Å². The standard InChI is InChI=1S/C26H40.C25H38O.2CH4/c1-6-7-8-19(3)22-11-12-23-21-10-9-20-17-18(2)13-15-25(20,4)24(21)14-16-26(22,23)5;1-5-6-7-17(2)21-10-11-22-20-9-8-18-16-19(26)12-14-24(18,3)23(20)13-15-25(21,22)4;;/h1,9,18-19,21-24H,7-8,10-17H2,2-5H3;1,8,17,19-23,26H,6-7,9-16H2,2-4H3;2*1H4/t18-,19+,21-,22+,23-,24-,25-,26+;17-,19+,20+,21-,22+,23+,24+,25-;;/m01../s1. The summed E-state index contributed by atoms with van der Waals surface area (Å²) >= 11 is 0. The van der Waals surface area contributed by atoms with Crippen molar-refractivity contribution in [3.63, 3.8) is 0 Å². The van der Waals surface area contributed by atoms with Gasteiger partial charge in [-0.25, -0.2) is 0 Å². The second-order valence-corrected chi connectivity index (χ2v) is 21.7. The number of allylic oxidation sites excluding steroid dienone is 3. The van der Waals surface area contributed by atoms with Crippen LogP contribution in [0.2, 0.25) is 0 Å². The summed E-state index contributed by atoms with van der Waals surface area (Å²) in [6, 6.07) is 0. The minimum atomic E-state index is -0.0902. The van der Waals surface area contributed by atoms with Gasteiger partial charge in [-0.3, -0.25) is 0 Å². The van der Waals surface area contributed by atoms with Crippen LogP contribution in [-0.4, -0.2) is 11.2 Å². The van der Waals surface area contributed by atoms with Gasteiger partial charge >= 0.3 is 0 Å². The van der Waals surface area contributed by atoms with Gasteiger partial charge in [0.25, 0.3) is 0 Å². The minimum Gasteiger partial charge on any atom is -0.393 e. The monoisotopic (exact) mass is 739 g/mol. The van der Waals surface area contributed by atoms with Crippen molar-refractivity contribution in [2.75, 3.05) is 0 Å². The fraction of sp³-hybridized carbons (Fsp3) is 0.849. The summed E-state index contributed by atoms with van der Waals surface area (Å²) in [5.74, 6) is 15.5. The zero-order chi connectivity index (χ0) is 37.1. The van der Waals surface area contributed by atoms with Crippen LogP contribution in [0.1, 0.15) is 192 Å². The van der Waals surface area contributed by atoms with Gasteiger partial charge in [-0.2, -0.15) is 0 Å². The Morgan fingerprint density at radius 2 is 1.07 bits per heavy atom. The smallest absolute Gasteiger partial charge is 0.0577 e. The van der Waals surface area contributed by atoms with Crippen molar-refractivity contribution in [3.05, 3.63) is 23.3 Å². The van der Waals surface area contributed by atoms with Crippen molar-refractivity contribution in [1.29, 1.82) is 0 Å². The number of terminal acetylenes is 2. The molecule has 304 valence electrons. The molecule has 0 amide bonds. The van der Waals surface area contributed by atoms with Crippen molar-refractivity contribution >= 4 is 0 Å². The molecule has 8 aliphatic rings. The Hall–Kier alpha value is -1.44. The van der Waals surface area contributed by atoms with Gasteiger partial charge < -0.3 is 5.11 Å². The Balaban J connectivity index is 0.000000200. The first kappa shape index (κ1) is 43.7. The maximum Gasteiger partial charge on any atom is 0.0577 e. The van der Waals surface area contributed by atoms with E-state index in [1.807, 2.05) is 5.57 Å². The van der Waals surface area contributed by atoms with Crippen molar-refractivity contribution < 1.29 is 5.11 Å². The largest absolute Gasteiger partial charge is 0.393 e. The Labute approximate surface area is 336 Å². The van der Waals surface area contributed by atoms with Crippen molar-refractivity contribution in [2.24, 2.45) is 86.8 Å². The number of aliphatic hydroxyl groups excluding tert-OH is 1. The lowest BCUT2D eigenvalue weighted by Crippen LogP contribution is -2.50.